The van der Waals surface area contributed by atoms with E-state index >= 15 is 0 Å². The average Bonchev–Trinajstić information content (AvgIpc) is 2.27. The van der Waals surface area contributed by atoms with E-state index in [4.69, 9.17) is 0 Å². The Morgan fingerprint density at radius 1 is 1.11 bits per heavy atom. The van der Waals surface area contributed by atoms with Gasteiger partial charge in [0.05, 0.1) is 5.92 Å². The second-order valence-electron chi connectivity index (χ2n) is 5.98. The lowest BCUT2D eigenvalue weighted by molar-refractivity contribution is -0.155. The second-order valence-corrected chi connectivity index (χ2v) is 5.98. The van der Waals surface area contributed by atoms with E-state index in [1.165, 1.54) is 5.56 Å². The Morgan fingerprint density at radius 3 is 1.89 bits per heavy atom. The van der Waals surface area contributed by atoms with Crippen molar-refractivity contribution in [3.05, 3.63) is 35.4 Å². The Labute approximate surface area is 115 Å². The van der Waals surface area contributed by atoms with Crippen molar-refractivity contribution in [3.63, 3.8) is 0 Å². The van der Waals surface area contributed by atoms with Crippen LogP contribution in [0.2, 0.25) is 0 Å². The minimum atomic E-state index is -1.37. The van der Waals surface area contributed by atoms with Gasteiger partial charge in [0.15, 0.2) is 0 Å². The van der Waals surface area contributed by atoms with Gasteiger partial charge in [-0.1, -0.05) is 52.0 Å². The molecule has 0 saturated carbocycles. The second kappa shape index (κ2) is 5.74. The lowest BCUT2D eigenvalue weighted by Gasteiger charge is -2.33. The maximum atomic E-state index is 11.4. The SMILES string of the molecule is CC(C)c1ccc(C(C)(O)C(C(=O)O)C(C)C)cc1. The van der Waals surface area contributed by atoms with Gasteiger partial charge in [0, 0.05) is 0 Å². The molecule has 19 heavy (non-hydrogen) atoms. The molecule has 1 aromatic rings. The molecule has 0 heterocycles. The third kappa shape index (κ3) is 3.35. The molecule has 0 aliphatic heterocycles. The van der Waals surface area contributed by atoms with Gasteiger partial charge in [0.1, 0.15) is 5.60 Å². The van der Waals surface area contributed by atoms with Gasteiger partial charge in [0.2, 0.25) is 0 Å². The van der Waals surface area contributed by atoms with E-state index < -0.39 is 17.5 Å². The fourth-order valence-electron chi connectivity index (χ4n) is 2.56. The van der Waals surface area contributed by atoms with Gasteiger partial charge < -0.3 is 10.2 Å². The minimum Gasteiger partial charge on any atom is -0.481 e. The van der Waals surface area contributed by atoms with Crippen LogP contribution in [-0.2, 0) is 10.4 Å². The number of carbonyl (C=O) groups is 1. The first-order valence-corrected chi connectivity index (χ1v) is 6.73. The quantitative estimate of drug-likeness (QED) is 0.857. The van der Waals surface area contributed by atoms with Crippen LogP contribution in [0.15, 0.2) is 24.3 Å². The summed E-state index contributed by atoms with van der Waals surface area (Å²) < 4.78 is 0. The zero-order chi connectivity index (χ0) is 14.8. The van der Waals surface area contributed by atoms with E-state index in [2.05, 4.69) is 13.8 Å². The van der Waals surface area contributed by atoms with Crippen molar-refractivity contribution >= 4 is 5.97 Å². The van der Waals surface area contributed by atoms with Crippen molar-refractivity contribution < 1.29 is 15.0 Å². The Bertz CT molecular complexity index is 430. The lowest BCUT2D eigenvalue weighted by atomic mass is 9.76. The number of hydrogen-bond acceptors (Lipinski definition) is 2. The van der Waals surface area contributed by atoms with Gasteiger partial charge in [-0.05, 0) is 29.9 Å². The van der Waals surface area contributed by atoms with Crippen molar-refractivity contribution in [1.29, 1.82) is 0 Å². The molecule has 2 N–H and O–H groups in total. The van der Waals surface area contributed by atoms with Gasteiger partial charge >= 0.3 is 5.97 Å². The normalized spacial score (nSPS) is 16.4. The summed E-state index contributed by atoms with van der Waals surface area (Å²) in [4.78, 5) is 11.4. The van der Waals surface area contributed by atoms with Gasteiger partial charge in [-0.15, -0.1) is 0 Å². The first-order valence-electron chi connectivity index (χ1n) is 6.73. The third-order valence-corrected chi connectivity index (χ3v) is 3.70. The van der Waals surface area contributed by atoms with Crippen molar-refractivity contribution in [2.24, 2.45) is 11.8 Å². The Kier molecular flexibility index (Phi) is 4.75. The summed E-state index contributed by atoms with van der Waals surface area (Å²) in [7, 11) is 0. The van der Waals surface area contributed by atoms with Crippen LogP contribution in [0.5, 0.6) is 0 Å². The molecule has 0 saturated heterocycles. The first kappa shape index (κ1) is 15.7. The Balaban J connectivity index is 3.14. The molecule has 0 radical (unpaired) electrons. The molecule has 3 heteroatoms. The average molecular weight is 264 g/mol. The summed E-state index contributed by atoms with van der Waals surface area (Å²) in [6.07, 6.45) is 0. The molecule has 106 valence electrons. The molecule has 0 aliphatic rings. The van der Waals surface area contributed by atoms with Crippen LogP contribution in [0.1, 0.15) is 51.7 Å². The lowest BCUT2D eigenvalue weighted by Crippen LogP contribution is -2.40. The smallest absolute Gasteiger partial charge is 0.310 e. The summed E-state index contributed by atoms with van der Waals surface area (Å²) in [5.74, 6) is -1.51. The van der Waals surface area contributed by atoms with Crippen LogP contribution in [0, 0.1) is 11.8 Å². The largest absolute Gasteiger partial charge is 0.481 e. The monoisotopic (exact) mass is 264 g/mol. The summed E-state index contributed by atoms with van der Waals surface area (Å²) in [5.41, 5.74) is 0.462. The van der Waals surface area contributed by atoms with Crippen LogP contribution in [0.4, 0.5) is 0 Å². The Hall–Kier alpha value is -1.35. The summed E-state index contributed by atoms with van der Waals surface area (Å²) >= 11 is 0. The van der Waals surface area contributed by atoms with E-state index in [0.29, 0.717) is 11.5 Å². The molecule has 2 unspecified atom stereocenters. The number of carboxylic acids is 1. The van der Waals surface area contributed by atoms with E-state index in [1.807, 2.05) is 38.1 Å². The number of benzene rings is 1. The molecule has 2 atom stereocenters. The van der Waals surface area contributed by atoms with E-state index in [1.54, 1.807) is 6.92 Å². The Morgan fingerprint density at radius 2 is 1.58 bits per heavy atom. The highest BCUT2D eigenvalue weighted by molar-refractivity contribution is 5.72. The van der Waals surface area contributed by atoms with Crippen molar-refractivity contribution in [1.82, 2.24) is 0 Å². The van der Waals surface area contributed by atoms with Crippen LogP contribution < -0.4 is 0 Å². The van der Waals surface area contributed by atoms with Gasteiger partial charge in [-0.25, -0.2) is 0 Å². The molecule has 0 aliphatic carbocycles. The van der Waals surface area contributed by atoms with Crippen LogP contribution in [0.3, 0.4) is 0 Å². The maximum Gasteiger partial charge on any atom is 0.310 e. The van der Waals surface area contributed by atoms with Crippen molar-refractivity contribution in [2.75, 3.05) is 0 Å². The van der Waals surface area contributed by atoms with E-state index in [0.717, 1.165) is 0 Å². The fourth-order valence-corrected chi connectivity index (χ4v) is 2.56. The maximum absolute atomic E-state index is 11.4. The first-order chi connectivity index (χ1) is 8.67. The zero-order valence-corrected chi connectivity index (χ0v) is 12.3. The molecule has 3 nitrogen and oxygen atoms in total. The van der Waals surface area contributed by atoms with E-state index in [-0.39, 0.29) is 5.92 Å². The molecular formula is C16H24O3. The highest BCUT2D eigenvalue weighted by Crippen LogP contribution is 2.35. The summed E-state index contributed by atoms with van der Waals surface area (Å²) in [6, 6.07) is 7.56. The van der Waals surface area contributed by atoms with Crippen molar-refractivity contribution in [3.8, 4) is 0 Å². The van der Waals surface area contributed by atoms with Gasteiger partial charge in [0.25, 0.3) is 0 Å². The highest BCUT2D eigenvalue weighted by atomic mass is 16.4. The number of carboxylic acid groups (broad SMARTS) is 1. The molecule has 0 aromatic heterocycles. The predicted molar refractivity (Wildman–Crippen MR) is 76.1 cm³/mol. The molecule has 1 aromatic carbocycles. The molecule has 1 rings (SSSR count). The summed E-state index contributed by atoms with van der Waals surface area (Å²) in [6.45, 7) is 9.41. The van der Waals surface area contributed by atoms with Crippen LogP contribution in [-0.4, -0.2) is 16.2 Å². The highest BCUT2D eigenvalue weighted by Gasteiger charge is 2.40. The zero-order valence-electron chi connectivity index (χ0n) is 12.3. The number of aliphatic carboxylic acids is 1. The fraction of sp³-hybridized carbons (Fsp3) is 0.562. The topological polar surface area (TPSA) is 57.5 Å². The minimum absolute atomic E-state index is 0.141. The number of aliphatic hydroxyl groups is 1. The third-order valence-electron chi connectivity index (χ3n) is 3.70. The van der Waals surface area contributed by atoms with Gasteiger partial charge in [-0.3, -0.25) is 4.79 Å². The predicted octanol–water partition coefficient (Wildman–Crippen LogP) is 3.37. The molecule has 0 bridgehead atoms. The van der Waals surface area contributed by atoms with E-state index in [9.17, 15) is 15.0 Å². The summed E-state index contributed by atoms with van der Waals surface area (Å²) in [5, 5.41) is 20.0. The molecular weight excluding hydrogens is 240 g/mol. The number of hydrogen-bond donors (Lipinski definition) is 2. The molecule has 0 fully saturated rings. The van der Waals surface area contributed by atoms with Gasteiger partial charge in [-0.2, -0.15) is 0 Å². The molecule has 0 spiro atoms. The van der Waals surface area contributed by atoms with Crippen LogP contribution >= 0.6 is 0 Å². The standard InChI is InChI=1S/C16H24O3/c1-10(2)12-6-8-13(9-7-12)16(5,19)14(11(3)4)15(17)18/h6-11,14,19H,1-5H3,(H,17,18). The molecule has 0 amide bonds. The van der Waals surface area contributed by atoms with Crippen molar-refractivity contribution in [2.45, 2.75) is 46.1 Å². The van der Waals surface area contributed by atoms with Crippen LogP contribution in [0.25, 0.3) is 0 Å². The number of rotatable bonds is 5.